The summed E-state index contributed by atoms with van der Waals surface area (Å²) in [6.45, 7) is 0. The largest absolute Gasteiger partial charge is 0.508 e. The van der Waals surface area contributed by atoms with Crippen molar-refractivity contribution in [2.75, 3.05) is 12.4 Å². The van der Waals surface area contributed by atoms with E-state index in [4.69, 9.17) is 4.74 Å². The third kappa shape index (κ3) is 3.87. The van der Waals surface area contributed by atoms with Gasteiger partial charge in [0, 0.05) is 5.69 Å². The highest BCUT2D eigenvalue weighted by atomic mass is 16.6. The molecule has 0 bridgehead atoms. The van der Waals surface area contributed by atoms with Crippen molar-refractivity contribution in [2.45, 2.75) is 0 Å². The van der Waals surface area contributed by atoms with E-state index in [2.05, 4.69) is 10.1 Å². The number of hydrogen-bond donors (Lipinski definition) is 2. The first-order valence-corrected chi connectivity index (χ1v) is 7.45. The summed E-state index contributed by atoms with van der Waals surface area (Å²) < 4.78 is 9.77. The molecule has 0 radical (unpaired) electrons. The van der Waals surface area contributed by atoms with Crippen LogP contribution in [0.3, 0.4) is 0 Å². The number of phenols is 1. The maximum Gasteiger partial charge on any atom is 0.417 e. The molecule has 6 heteroatoms. The Morgan fingerprint density at radius 2 is 1.64 bits per heavy atom. The van der Waals surface area contributed by atoms with Crippen LogP contribution in [0.5, 0.6) is 11.5 Å². The van der Waals surface area contributed by atoms with Crippen molar-refractivity contribution in [1.29, 1.82) is 0 Å². The molecular weight excluding hydrogens is 322 g/mol. The average Bonchev–Trinajstić information content (AvgIpc) is 2.61. The van der Waals surface area contributed by atoms with E-state index in [0.29, 0.717) is 17.0 Å². The molecule has 0 aromatic heterocycles. The number of methoxy groups -OCH3 is 1. The SMILES string of the molecule is COC(=O)c1ccc(OC(=O)Nc2ccc3ccc(O)cc3c2)cc1. The number of fused-ring (bicyclic) bond motifs is 1. The van der Waals surface area contributed by atoms with Gasteiger partial charge in [0.2, 0.25) is 0 Å². The van der Waals surface area contributed by atoms with Crippen LogP contribution >= 0.6 is 0 Å². The molecule has 0 unspecified atom stereocenters. The van der Waals surface area contributed by atoms with Crippen LogP contribution in [0.15, 0.2) is 60.7 Å². The van der Waals surface area contributed by atoms with E-state index in [0.717, 1.165) is 10.8 Å². The van der Waals surface area contributed by atoms with Gasteiger partial charge in [-0.15, -0.1) is 0 Å². The topological polar surface area (TPSA) is 84.9 Å². The summed E-state index contributed by atoms with van der Waals surface area (Å²) in [6, 6.07) is 16.3. The first-order chi connectivity index (χ1) is 12.0. The predicted octanol–water partition coefficient (Wildman–Crippen LogP) is 3.94. The number of phenolic OH excluding ortho intramolecular Hbond substituents is 1. The van der Waals surface area contributed by atoms with Gasteiger partial charge in [-0.2, -0.15) is 0 Å². The van der Waals surface area contributed by atoms with Gasteiger partial charge in [-0.25, -0.2) is 9.59 Å². The van der Waals surface area contributed by atoms with Crippen LogP contribution in [-0.2, 0) is 4.74 Å². The minimum absolute atomic E-state index is 0.151. The standard InChI is InChI=1S/C19H15NO5/c1-24-18(22)13-4-8-17(9-5-13)25-19(23)20-15-6-2-12-3-7-16(21)11-14(12)10-15/h2-11,21H,1H3,(H,20,23). The highest BCUT2D eigenvalue weighted by Crippen LogP contribution is 2.23. The fourth-order valence-electron chi connectivity index (χ4n) is 2.34. The molecule has 2 N–H and O–H groups in total. The Morgan fingerprint density at radius 1 is 0.920 bits per heavy atom. The Kier molecular flexibility index (Phi) is 4.52. The van der Waals surface area contributed by atoms with E-state index in [1.165, 1.54) is 31.4 Å². The van der Waals surface area contributed by atoms with Gasteiger partial charge in [0.05, 0.1) is 12.7 Å². The molecule has 3 rings (SSSR count). The van der Waals surface area contributed by atoms with E-state index in [9.17, 15) is 14.7 Å². The van der Waals surface area contributed by atoms with Crippen molar-refractivity contribution < 1.29 is 24.2 Å². The third-order valence-corrected chi connectivity index (χ3v) is 3.56. The number of esters is 1. The lowest BCUT2D eigenvalue weighted by Crippen LogP contribution is -2.16. The Labute approximate surface area is 143 Å². The lowest BCUT2D eigenvalue weighted by atomic mass is 10.1. The van der Waals surface area contributed by atoms with Gasteiger partial charge < -0.3 is 14.6 Å². The van der Waals surface area contributed by atoms with Gasteiger partial charge >= 0.3 is 12.1 Å². The summed E-state index contributed by atoms with van der Waals surface area (Å²) in [6.07, 6.45) is -0.662. The summed E-state index contributed by atoms with van der Waals surface area (Å²) in [7, 11) is 1.30. The fourth-order valence-corrected chi connectivity index (χ4v) is 2.34. The van der Waals surface area contributed by atoms with Crippen molar-refractivity contribution in [3.8, 4) is 11.5 Å². The molecule has 126 valence electrons. The molecule has 0 spiro atoms. The number of carbonyl (C=O) groups excluding carboxylic acids is 2. The summed E-state index contributed by atoms with van der Waals surface area (Å²) in [5.41, 5.74) is 0.902. The molecule has 0 atom stereocenters. The molecule has 0 saturated carbocycles. The number of benzene rings is 3. The zero-order chi connectivity index (χ0) is 17.8. The van der Waals surface area contributed by atoms with E-state index in [1.54, 1.807) is 30.3 Å². The van der Waals surface area contributed by atoms with Crippen LogP contribution in [-0.4, -0.2) is 24.3 Å². The van der Waals surface area contributed by atoms with Gasteiger partial charge in [0.15, 0.2) is 0 Å². The molecule has 0 saturated heterocycles. The molecule has 0 aliphatic heterocycles. The van der Waals surface area contributed by atoms with Gasteiger partial charge in [-0.05, 0) is 59.3 Å². The van der Waals surface area contributed by atoms with Crippen LogP contribution in [0.25, 0.3) is 10.8 Å². The van der Waals surface area contributed by atoms with Crippen LogP contribution in [0.4, 0.5) is 10.5 Å². The predicted molar refractivity (Wildman–Crippen MR) is 93.0 cm³/mol. The van der Waals surface area contributed by atoms with Crippen molar-refractivity contribution >= 4 is 28.5 Å². The first-order valence-electron chi connectivity index (χ1n) is 7.45. The van der Waals surface area contributed by atoms with Crippen molar-refractivity contribution in [3.05, 3.63) is 66.2 Å². The average molecular weight is 337 g/mol. The number of nitrogens with one attached hydrogen (secondary N) is 1. The molecule has 6 nitrogen and oxygen atoms in total. The second-order valence-electron chi connectivity index (χ2n) is 5.28. The summed E-state index contributed by atoms with van der Waals surface area (Å²) in [5.74, 6) is -0.0167. The zero-order valence-corrected chi connectivity index (χ0v) is 13.4. The highest BCUT2D eigenvalue weighted by Gasteiger charge is 2.08. The van der Waals surface area contributed by atoms with Gasteiger partial charge in [0.1, 0.15) is 11.5 Å². The molecular formula is C19H15NO5. The smallest absolute Gasteiger partial charge is 0.417 e. The van der Waals surface area contributed by atoms with Gasteiger partial charge in [-0.3, -0.25) is 5.32 Å². The quantitative estimate of drug-likeness (QED) is 0.707. The van der Waals surface area contributed by atoms with Crippen LogP contribution in [0, 0.1) is 0 Å². The number of rotatable bonds is 3. The number of hydrogen-bond acceptors (Lipinski definition) is 5. The number of anilines is 1. The number of aromatic hydroxyl groups is 1. The lowest BCUT2D eigenvalue weighted by molar-refractivity contribution is 0.0600. The monoisotopic (exact) mass is 337 g/mol. The molecule has 0 aliphatic rings. The van der Waals surface area contributed by atoms with Crippen LogP contribution in [0.1, 0.15) is 10.4 Å². The second kappa shape index (κ2) is 6.92. The molecule has 0 aliphatic carbocycles. The van der Waals surface area contributed by atoms with E-state index < -0.39 is 12.1 Å². The van der Waals surface area contributed by atoms with Crippen LogP contribution in [0.2, 0.25) is 0 Å². The molecule has 25 heavy (non-hydrogen) atoms. The maximum absolute atomic E-state index is 12.0. The fraction of sp³-hybridized carbons (Fsp3) is 0.0526. The van der Waals surface area contributed by atoms with E-state index in [1.807, 2.05) is 6.07 Å². The summed E-state index contributed by atoms with van der Waals surface area (Å²) in [5, 5.41) is 13.9. The number of ether oxygens (including phenoxy) is 2. The molecule has 1 amide bonds. The molecule has 3 aromatic rings. The number of amides is 1. The summed E-state index contributed by atoms with van der Waals surface area (Å²) >= 11 is 0. The summed E-state index contributed by atoms with van der Waals surface area (Å²) in [4.78, 5) is 23.3. The molecule has 0 heterocycles. The highest BCUT2D eigenvalue weighted by molar-refractivity contribution is 5.93. The lowest BCUT2D eigenvalue weighted by Gasteiger charge is -2.08. The van der Waals surface area contributed by atoms with E-state index in [-0.39, 0.29) is 5.75 Å². The second-order valence-corrected chi connectivity index (χ2v) is 5.28. The Morgan fingerprint density at radius 3 is 2.36 bits per heavy atom. The minimum atomic E-state index is -0.662. The van der Waals surface area contributed by atoms with E-state index >= 15 is 0 Å². The minimum Gasteiger partial charge on any atom is -0.508 e. The Balaban J connectivity index is 1.69. The molecule has 0 fully saturated rings. The normalized spacial score (nSPS) is 10.3. The van der Waals surface area contributed by atoms with Crippen LogP contribution < -0.4 is 10.1 Å². The van der Waals surface area contributed by atoms with Crippen molar-refractivity contribution in [3.63, 3.8) is 0 Å². The van der Waals surface area contributed by atoms with Gasteiger partial charge in [-0.1, -0.05) is 12.1 Å². The van der Waals surface area contributed by atoms with Crippen molar-refractivity contribution in [2.24, 2.45) is 0 Å². The third-order valence-electron chi connectivity index (χ3n) is 3.56. The first kappa shape index (κ1) is 16.3. The van der Waals surface area contributed by atoms with Gasteiger partial charge in [0.25, 0.3) is 0 Å². The maximum atomic E-state index is 12.0. The van der Waals surface area contributed by atoms with Crippen molar-refractivity contribution in [1.82, 2.24) is 0 Å². The Bertz CT molecular complexity index is 934. The zero-order valence-electron chi connectivity index (χ0n) is 13.4. The molecule has 3 aromatic carbocycles. The Hall–Kier alpha value is -3.54. The number of carbonyl (C=O) groups is 2.